The summed E-state index contributed by atoms with van der Waals surface area (Å²) in [7, 11) is 2.70. The van der Waals surface area contributed by atoms with Crippen molar-refractivity contribution in [3.8, 4) is 0 Å². The number of hydrogen-bond acceptors (Lipinski definition) is 8. The molecule has 0 radical (unpaired) electrons. The first-order chi connectivity index (χ1) is 21.9. The maximum Gasteiger partial charge on any atom is 0.320 e. The average Bonchev–Trinajstić information content (AvgIpc) is 3.76. The molecule has 0 spiro atoms. The van der Waals surface area contributed by atoms with Crippen LogP contribution in [0.15, 0.2) is 17.1 Å². The summed E-state index contributed by atoms with van der Waals surface area (Å²) in [5, 5.41) is 20.4. The van der Waals surface area contributed by atoms with E-state index < -0.39 is 17.9 Å². The first-order valence-electron chi connectivity index (χ1n) is 16.1. The number of nitrogens with one attached hydrogen (secondary N) is 4. The third kappa shape index (κ3) is 4.80. The molecule has 46 heavy (non-hydrogen) atoms. The SMILES string of the molecule is CC[C@H]1/C2=C/c3[nH]c4c(c3C)=C(O)[C@H](C(=O)OC)C=4[C@@H]3N/C(=C\c4[nH]c(c(C(C)=O)c4C)/C=C(\N2)[C@@H]1C)[C@@H](C)[C@@H]3CCC(=O)OC. The molecule has 0 saturated carbocycles. The largest absolute Gasteiger partial charge is 0.510 e. The summed E-state index contributed by atoms with van der Waals surface area (Å²) >= 11 is 0. The third-order valence-electron chi connectivity index (χ3n) is 10.8. The minimum Gasteiger partial charge on any atom is -0.510 e. The normalized spacial score (nSPS) is 29.6. The fourth-order valence-electron chi connectivity index (χ4n) is 8.20. The molecule has 0 unspecified atom stereocenters. The Bertz CT molecular complexity index is 1870. The minimum absolute atomic E-state index is 0.0203. The van der Waals surface area contributed by atoms with Gasteiger partial charge in [0.05, 0.1) is 31.3 Å². The number of rotatable bonds is 6. The van der Waals surface area contributed by atoms with Crippen molar-refractivity contribution in [2.45, 2.75) is 66.8 Å². The van der Waals surface area contributed by atoms with Crippen molar-refractivity contribution in [2.24, 2.45) is 29.6 Å². The van der Waals surface area contributed by atoms with Crippen LogP contribution in [0.25, 0.3) is 29.6 Å². The summed E-state index contributed by atoms with van der Waals surface area (Å²) in [6.45, 7) is 12.0. The van der Waals surface area contributed by atoms with E-state index >= 15 is 0 Å². The number of aromatic nitrogens is 2. The number of Topliss-reactive ketones (excluding diaryl/α,β-unsaturated/α-hetero) is 1. The zero-order valence-electron chi connectivity index (χ0n) is 27.8. The van der Waals surface area contributed by atoms with Gasteiger partial charge in [-0.25, -0.2) is 0 Å². The van der Waals surface area contributed by atoms with E-state index in [0.717, 1.165) is 51.7 Å². The number of carbonyl (C=O) groups excluding carboxylic acids is 3. The maximum atomic E-state index is 13.4. The Hall–Kier alpha value is -4.47. The Labute approximate surface area is 268 Å². The Kier molecular flexibility index (Phi) is 8.02. The van der Waals surface area contributed by atoms with Gasteiger partial charge in [0.2, 0.25) is 0 Å². The van der Waals surface area contributed by atoms with E-state index in [2.05, 4.69) is 53.5 Å². The van der Waals surface area contributed by atoms with Gasteiger partial charge in [-0.15, -0.1) is 0 Å². The molecular weight excluding hydrogens is 584 g/mol. The lowest BCUT2D eigenvalue weighted by Gasteiger charge is -2.26. The predicted molar refractivity (Wildman–Crippen MR) is 176 cm³/mol. The molecule has 6 rings (SSSR count). The highest BCUT2D eigenvalue weighted by Gasteiger charge is 2.47. The lowest BCUT2D eigenvalue weighted by Crippen LogP contribution is -2.38. The fourth-order valence-corrected chi connectivity index (χ4v) is 8.20. The maximum absolute atomic E-state index is 13.4. The number of fused-ring (bicyclic) bond motifs is 8. The van der Waals surface area contributed by atoms with Crippen molar-refractivity contribution in [3.05, 3.63) is 61.4 Å². The molecule has 8 bridgehead atoms. The van der Waals surface area contributed by atoms with Gasteiger partial charge in [0, 0.05) is 63.4 Å². The fraction of sp³-hybridized carbons (Fsp3) is 0.472. The number of aromatic amines is 2. The number of methoxy groups -OCH3 is 2. The molecule has 244 valence electrons. The summed E-state index contributed by atoms with van der Waals surface area (Å²) in [6.07, 6.45) is 7.80. The molecule has 1 aliphatic carbocycles. The monoisotopic (exact) mass is 628 g/mol. The molecule has 6 atom stereocenters. The Morgan fingerprint density at radius 2 is 1.57 bits per heavy atom. The van der Waals surface area contributed by atoms with E-state index in [1.165, 1.54) is 14.2 Å². The van der Waals surface area contributed by atoms with Crippen LogP contribution < -0.4 is 21.2 Å². The van der Waals surface area contributed by atoms with Crippen molar-refractivity contribution in [1.29, 1.82) is 0 Å². The number of aliphatic hydroxyl groups excluding tert-OH is 1. The van der Waals surface area contributed by atoms with Crippen LogP contribution in [0.1, 0.15) is 85.5 Å². The highest BCUT2D eigenvalue weighted by molar-refractivity contribution is 6.00. The first kappa shape index (κ1) is 31.5. The van der Waals surface area contributed by atoms with Crippen LogP contribution in [0.5, 0.6) is 0 Å². The van der Waals surface area contributed by atoms with Gasteiger partial charge < -0.3 is 35.2 Å². The first-order valence-corrected chi connectivity index (χ1v) is 16.1. The summed E-state index contributed by atoms with van der Waals surface area (Å²) in [4.78, 5) is 45.8. The molecular formula is C36H44N4O6. The number of aliphatic hydroxyl groups is 1. The molecule has 10 nitrogen and oxygen atoms in total. The van der Waals surface area contributed by atoms with Crippen molar-refractivity contribution >= 4 is 47.3 Å². The number of carbonyl (C=O) groups is 3. The summed E-state index contributed by atoms with van der Waals surface area (Å²) in [5.41, 5.74) is 8.42. The second kappa shape index (κ2) is 11.7. The number of ether oxygens (including phenoxy) is 2. The molecule has 2 fully saturated rings. The van der Waals surface area contributed by atoms with Crippen LogP contribution in [0.2, 0.25) is 0 Å². The van der Waals surface area contributed by atoms with Crippen molar-refractivity contribution in [3.63, 3.8) is 0 Å². The van der Waals surface area contributed by atoms with Gasteiger partial charge >= 0.3 is 11.9 Å². The van der Waals surface area contributed by atoms with Gasteiger partial charge in [0.15, 0.2) is 5.78 Å². The predicted octanol–water partition coefficient (Wildman–Crippen LogP) is 3.96. The number of hydrogen-bond donors (Lipinski definition) is 5. The van der Waals surface area contributed by atoms with Crippen LogP contribution in [0.3, 0.4) is 0 Å². The van der Waals surface area contributed by atoms with Gasteiger partial charge in [-0.3, -0.25) is 14.4 Å². The van der Waals surface area contributed by atoms with Gasteiger partial charge in [0.1, 0.15) is 11.7 Å². The zero-order chi connectivity index (χ0) is 33.2. The molecule has 0 amide bonds. The number of esters is 2. The Morgan fingerprint density at radius 3 is 2.22 bits per heavy atom. The van der Waals surface area contributed by atoms with E-state index in [1.807, 2.05) is 19.9 Å². The Morgan fingerprint density at radius 1 is 0.891 bits per heavy atom. The van der Waals surface area contributed by atoms with E-state index in [-0.39, 0.29) is 47.6 Å². The van der Waals surface area contributed by atoms with E-state index in [0.29, 0.717) is 28.1 Å². The smallest absolute Gasteiger partial charge is 0.320 e. The standard InChI is InChI=1S/C36H44N4O6/c1-9-20-15(2)22-14-27-29(19(6)41)17(4)24(38-27)12-23-16(3)21(10-11-28(42)45-7)33(39-23)31-32(36(44)46-8)35(43)30-18(5)25(40-34(30)31)13-26(20)37-22/h12-16,20-21,32-33,37-40,43H,9-11H2,1-8H3/b22-14-,23-12-,26-13-/t15-,16+,20-,21+,32-,33-/m1/s1. The summed E-state index contributed by atoms with van der Waals surface area (Å²) in [5.74, 6) is -1.71. The molecule has 2 aromatic rings. The van der Waals surface area contributed by atoms with Crippen LogP contribution in [-0.2, 0) is 19.1 Å². The molecule has 3 aliphatic heterocycles. The zero-order valence-corrected chi connectivity index (χ0v) is 27.8. The number of ketones is 1. The second-order valence-corrected chi connectivity index (χ2v) is 13.1. The average molecular weight is 629 g/mol. The lowest BCUT2D eigenvalue weighted by atomic mass is 9.80. The van der Waals surface area contributed by atoms with E-state index in [1.54, 1.807) is 6.92 Å². The van der Waals surface area contributed by atoms with E-state index in [9.17, 15) is 19.5 Å². The molecule has 5 heterocycles. The van der Waals surface area contributed by atoms with Gasteiger partial charge in [-0.2, -0.15) is 0 Å². The molecule has 4 aliphatic rings. The highest BCUT2D eigenvalue weighted by atomic mass is 16.5. The highest BCUT2D eigenvalue weighted by Crippen LogP contribution is 2.43. The van der Waals surface area contributed by atoms with Crippen LogP contribution in [0, 0.1) is 43.4 Å². The quantitative estimate of drug-likeness (QED) is 0.239. The topological polar surface area (TPSA) is 146 Å². The van der Waals surface area contributed by atoms with Gasteiger partial charge in [-0.05, 0) is 74.5 Å². The van der Waals surface area contributed by atoms with Crippen molar-refractivity contribution < 1.29 is 29.0 Å². The van der Waals surface area contributed by atoms with Gasteiger partial charge in [-0.1, -0.05) is 20.8 Å². The molecule has 2 aromatic heterocycles. The van der Waals surface area contributed by atoms with Crippen LogP contribution >= 0.6 is 0 Å². The number of allylic oxidation sites excluding steroid dienone is 3. The van der Waals surface area contributed by atoms with Crippen LogP contribution in [-0.4, -0.2) is 53.1 Å². The third-order valence-corrected chi connectivity index (χ3v) is 10.8. The second-order valence-electron chi connectivity index (χ2n) is 13.1. The molecule has 5 N–H and O–H groups in total. The van der Waals surface area contributed by atoms with E-state index in [4.69, 9.17) is 9.47 Å². The summed E-state index contributed by atoms with van der Waals surface area (Å²) < 4.78 is 10.2. The molecule has 2 saturated heterocycles. The molecule has 10 heteroatoms. The Balaban J connectivity index is 1.66. The lowest BCUT2D eigenvalue weighted by molar-refractivity contribution is -0.142. The van der Waals surface area contributed by atoms with Crippen molar-refractivity contribution in [2.75, 3.05) is 14.2 Å². The van der Waals surface area contributed by atoms with Crippen molar-refractivity contribution in [1.82, 2.24) is 20.6 Å². The minimum atomic E-state index is -0.999. The number of H-pyrrole nitrogens is 2. The van der Waals surface area contributed by atoms with Crippen LogP contribution in [0.4, 0.5) is 0 Å². The summed E-state index contributed by atoms with van der Waals surface area (Å²) in [6, 6.07) is -0.411. The van der Waals surface area contributed by atoms with Gasteiger partial charge in [0.25, 0.3) is 0 Å². The molecule has 0 aromatic carbocycles.